The smallest absolute Gasteiger partial charge is 0.164 e. The predicted molar refractivity (Wildman–Crippen MR) is 202 cm³/mol. The van der Waals surface area contributed by atoms with Crippen LogP contribution in [0.3, 0.4) is 0 Å². The van der Waals surface area contributed by atoms with Gasteiger partial charge in [-0.1, -0.05) is 139 Å². The number of fused-ring (bicyclic) bond motifs is 6. The minimum Gasteiger partial charge on any atom is -0.456 e. The minimum atomic E-state index is -0.662. The van der Waals surface area contributed by atoms with Gasteiger partial charge in [0.25, 0.3) is 0 Å². The summed E-state index contributed by atoms with van der Waals surface area (Å²) in [5.41, 5.74) is 2.58. The second-order valence-corrected chi connectivity index (χ2v) is 11.6. The molecule has 0 atom stereocenters. The zero-order valence-electron chi connectivity index (χ0n) is 36.9. The summed E-state index contributed by atoms with van der Waals surface area (Å²) in [7, 11) is 0. The molecule has 0 fully saturated rings. The van der Waals surface area contributed by atoms with Gasteiger partial charge in [0.15, 0.2) is 17.5 Å². The van der Waals surface area contributed by atoms with E-state index < -0.39 is 72.0 Å². The van der Waals surface area contributed by atoms with Gasteiger partial charge in [-0.15, -0.1) is 0 Å². The van der Waals surface area contributed by atoms with Gasteiger partial charge in [0.05, 0.1) is 15.1 Å². The van der Waals surface area contributed by atoms with Crippen LogP contribution in [0, 0.1) is 0 Å². The Morgan fingerprint density at radius 3 is 1.84 bits per heavy atom. The Kier molecular flexibility index (Phi) is 4.38. The summed E-state index contributed by atoms with van der Waals surface area (Å²) >= 11 is 0. The standard InChI is InChI=1S/C45H27N3O2/c1-2-9-28(10-3-1)29-17-21-31(22-18-29)43-46-44(48-45(47-43)33-25-26-37-35-11-4-6-15-39(35)49-41(37)27-33)32-23-19-30(20-24-32)34-13-8-14-38-36-12-5-7-16-40(36)50-42(34)38/h1-27H/i5D,7D,8D,12D,13D,14D,16D,19D,20D,23D,24D. The molecule has 3 aromatic heterocycles. The van der Waals surface area contributed by atoms with Gasteiger partial charge >= 0.3 is 0 Å². The molecule has 7 aromatic carbocycles. The highest BCUT2D eigenvalue weighted by atomic mass is 16.3. The number of furan rings is 2. The summed E-state index contributed by atoms with van der Waals surface area (Å²) in [5, 5.41) is 1.39. The number of para-hydroxylation sites is 3. The van der Waals surface area contributed by atoms with Gasteiger partial charge in [-0.2, -0.15) is 0 Å². The highest BCUT2D eigenvalue weighted by Gasteiger charge is 2.16. The molecular weight excluding hydrogens is 615 g/mol. The first kappa shape index (κ1) is 19.2. The van der Waals surface area contributed by atoms with Crippen LogP contribution >= 0.6 is 0 Å². The van der Waals surface area contributed by atoms with Gasteiger partial charge in [0, 0.05) is 43.8 Å². The molecule has 10 rings (SSSR count). The van der Waals surface area contributed by atoms with E-state index in [1.54, 1.807) is 6.07 Å². The molecule has 0 saturated heterocycles. The van der Waals surface area contributed by atoms with Crippen molar-refractivity contribution in [1.82, 2.24) is 15.0 Å². The molecule has 50 heavy (non-hydrogen) atoms. The molecule has 234 valence electrons. The lowest BCUT2D eigenvalue weighted by Gasteiger charge is -2.10. The fourth-order valence-electron chi connectivity index (χ4n) is 6.11. The molecule has 0 aliphatic rings. The first-order valence-corrected chi connectivity index (χ1v) is 15.7. The van der Waals surface area contributed by atoms with Crippen LogP contribution in [-0.4, -0.2) is 15.0 Å². The molecule has 10 aromatic rings. The van der Waals surface area contributed by atoms with Crippen molar-refractivity contribution in [2.24, 2.45) is 0 Å². The van der Waals surface area contributed by atoms with E-state index in [1.807, 2.05) is 91.0 Å². The maximum atomic E-state index is 9.32. The lowest BCUT2D eigenvalue weighted by atomic mass is 10.0. The van der Waals surface area contributed by atoms with Gasteiger partial charge in [-0.3, -0.25) is 0 Å². The van der Waals surface area contributed by atoms with Crippen LogP contribution in [0.15, 0.2) is 172 Å². The molecule has 0 amide bonds. The molecule has 0 radical (unpaired) electrons. The lowest BCUT2D eigenvalue weighted by Crippen LogP contribution is -2.00. The molecule has 0 N–H and O–H groups in total. The SMILES string of the molecule is [2H]c1c([2H])c(-c2c([2H])c([2H])c([2H])c3c2oc2c([2H])c([2H])c([2H])c([2H])c23)c([2H])c([2H])c1-c1nc(-c2ccc(-c3ccccc3)cc2)nc(-c2ccc3c(c2)oc2ccccc23)n1. The third-order valence-electron chi connectivity index (χ3n) is 8.56. The van der Waals surface area contributed by atoms with Crippen LogP contribution in [0.4, 0.5) is 0 Å². The summed E-state index contributed by atoms with van der Waals surface area (Å²) in [5.74, 6) is 0.178. The minimum absolute atomic E-state index is 0.165. The summed E-state index contributed by atoms with van der Waals surface area (Å²) in [6, 6.07) is 23.9. The highest BCUT2D eigenvalue weighted by molar-refractivity contribution is 6.09. The molecule has 0 saturated carbocycles. The molecule has 5 heteroatoms. The topological polar surface area (TPSA) is 65.0 Å². The Labute approximate surface area is 302 Å². The fourth-order valence-corrected chi connectivity index (χ4v) is 6.11. The zero-order valence-corrected chi connectivity index (χ0v) is 25.9. The summed E-state index contributed by atoms with van der Waals surface area (Å²) in [6.45, 7) is 0. The number of rotatable bonds is 5. The van der Waals surface area contributed by atoms with E-state index in [0.29, 0.717) is 22.3 Å². The average molecular weight is 653 g/mol. The molecule has 0 unspecified atom stereocenters. The van der Waals surface area contributed by atoms with E-state index in [2.05, 4.69) is 0 Å². The van der Waals surface area contributed by atoms with Crippen molar-refractivity contribution in [3.05, 3.63) is 164 Å². The Morgan fingerprint density at radius 1 is 0.380 bits per heavy atom. The normalized spacial score (nSPS) is 14.7. The summed E-state index contributed by atoms with van der Waals surface area (Å²) in [6.07, 6.45) is 0. The van der Waals surface area contributed by atoms with E-state index in [0.717, 1.165) is 21.9 Å². The second kappa shape index (κ2) is 11.4. The zero-order chi connectivity index (χ0) is 42.6. The van der Waals surface area contributed by atoms with Crippen molar-refractivity contribution in [1.29, 1.82) is 0 Å². The number of hydrogen-bond donors (Lipinski definition) is 0. The molecule has 0 aliphatic carbocycles. The van der Waals surface area contributed by atoms with E-state index >= 15 is 0 Å². The lowest BCUT2D eigenvalue weighted by molar-refractivity contribution is 0.669. The summed E-state index contributed by atoms with van der Waals surface area (Å²) < 4.78 is 109. The third kappa shape index (κ3) is 4.75. The quantitative estimate of drug-likeness (QED) is 0.185. The molecule has 0 bridgehead atoms. The maximum absolute atomic E-state index is 9.32. The highest BCUT2D eigenvalue weighted by Crippen LogP contribution is 2.37. The largest absolute Gasteiger partial charge is 0.456 e. The number of aromatic nitrogens is 3. The first-order valence-electron chi connectivity index (χ1n) is 21.2. The Balaban J connectivity index is 1.20. The van der Waals surface area contributed by atoms with E-state index in [4.69, 9.17) is 33.4 Å². The van der Waals surface area contributed by atoms with Gasteiger partial charge < -0.3 is 8.83 Å². The van der Waals surface area contributed by atoms with Crippen molar-refractivity contribution >= 4 is 43.9 Å². The van der Waals surface area contributed by atoms with Crippen LogP contribution in [0.25, 0.3) is 100 Å². The molecule has 5 nitrogen and oxygen atoms in total. The number of nitrogens with zero attached hydrogens (tertiary/aromatic N) is 3. The Morgan fingerprint density at radius 2 is 1.00 bits per heavy atom. The Bertz CT molecular complexity index is 3470. The van der Waals surface area contributed by atoms with E-state index in [9.17, 15) is 5.48 Å². The molecule has 3 heterocycles. The van der Waals surface area contributed by atoms with Gasteiger partial charge in [-0.05, 0) is 40.9 Å². The summed E-state index contributed by atoms with van der Waals surface area (Å²) in [4.78, 5) is 14.3. The fraction of sp³-hybridized carbons (Fsp3) is 0. The molecular formula is C45H27N3O2. The van der Waals surface area contributed by atoms with Crippen LogP contribution in [0.5, 0.6) is 0 Å². The third-order valence-corrected chi connectivity index (χ3v) is 8.56. The number of hydrogen-bond acceptors (Lipinski definition) is 5. The average Bonchev–Trinajstić information content (AvgIpc) is 3.87. The first-order chi connectivity index (χ1) is 29.3. The van der Waals surface area contributed by atoms with Crippen molar-refractivity contribution in [2.75, 3.05) is 0 Å². The van der Waals surface area contributed by atoms with Crippen molar-refractivity contribution in [2.45, 2.75) is 0 Å². The van der Waals surface area contributed by atoms with Gasteiger partial charge in [-0.25, -0.2) is 15.0 Å². The predicted octanol–water partition coefficient (Wildman–Crippen LogP) is 12.0. The Hall–Kier alpha value is -6.85. The molecule has 0 spiro atoms. The van der Waals surface area contributed by atoms with Crippen LogP contribution in [0.2, 0.25) is 0 Å². The number of benzene rings is 7. The monoisotopic (exact) mass is 652 g/mol. The van der Waals surface area contributed by atoms with Crippen molar-refractivity contribution in [3.63, 3.8) is 0 Å². The van der Waals surface area contributed by atoms with Gasteiger partial charge in [0.1, 0.15) is 22.3 Å². The van der Waals surface area contributed by atoms with E-state index in [-0.39, 0.29) is 50.5 Å². The van der Waals surface area contributed by atoms with Crippen LogP contribution in [0.1, 0.15) is 15.1 Å². The van der Waals surface area contributed by atoms with Crippen LogP contribution in [-0.2, 0) is 0 Å². The van der Waals surface area contributed by atoms with Crippen molar-refractivity contribution < 1.29 is 23.9 Å². The van der Waals surface area contributed by atoms with Crippen molar-refractivity contribution in [3.8, 4) is 56.4 Å². The molecule has 0 aliphatic heterocycles. The maximum Gasteiger partial charge on any atom is 0.164 e. The van der Waals surface area contributed by atoms with Crippen LogP contribution < -0.4 is 0 Å². The van der Waals surface area contributed by atoms with E-state index in [1.165, 1.54) is 0 Å². The second-order valence-electron chi connectivity index (χ2n) is 11.6. The van der Waals surface area contributed by atoms with Gasteiger partial charge in [0.2, 0.25) is 0 Å².